The third-order valence-electron chi connectivity index (χ3n) is 2.62. The van der Waals surface area contributed by atoms with Crippen LogP contribution in [0.15, 0.2) is 12.3 Å². The van der Waals surface area contributed by atoms with Gasteiger partial charge in [-0.3, -0.25) is 0 Å². The molecule has 2 N–H and O–H groups in total. The summed E-state index contributed by atoms with van der Waals surface area (Å²) in [5, 5.41) is 0. The fourth-order valence-corrected chi connectivity index (χ4v) is 1.87. The number of aromatic nitrogens is 1. The number of hydrogen-bond acceptors (Lipinski definition) is 4. The molecule has 1 aromatic heterocycles. The van der Waals surface area contributed by atoms with Gasteiger partial charge < -0.3 is 15.2 Å². The monoisotopic (exact) mass is 208 g/mol. The smallest absolute Gasteiger partial charge is 0.219 e. The van der Waals surface area contributed by atoms with Crippen molar-refractivity contribution in [2.45, 2.75) is 25.4 Å². The van der Waals surface area contributed by atoms with Crippen LogP contribution in [0.1, 0.15) is 30.9 Å². The minimum atomic E-state index is 0.0877. The standard InChI is InChI=1S/C11H16N2O2/c1-14-11-9(6-8(12)7-13-11)10-4-2-3-5-15-10/h6-7,10H,2-5,12H2,1H3. The van der Waals surface area contributed by atoms with Gasteiger partial charge in [0.2, 0.25) is 5.88 Å². The lowest BCUT2D eigenvalue weighted by Crippen LogP contribution is -2.13. The number of rotatable bonds is 2. The zero-order valence-electron chi connectivity index (χ0n) is 8.90. The van der Waals surface area contributed by atoms with E-state index in [9.17, 15) is 0 Å². The van der Waals surface area contributed by atoms with Crippen LogP contribution in [0.25, 0.3) is 0 Å². The van der Waals surface area contributed by atoms with Crippen molar-refractivity contribution < 1.29 is 9.47 Å². The van der Waals surface area contributed by atoms with Crippen LogP contribution in [0.3, 0.4) is 0 Å². The highest BCUT2D eigenvalue weighted by Gasteiger charge is 2.20. The lowest BCUT2D eigenvalue weighted by molar-refractivity contribution is 0.0133. The SMILES string of the molecule is COc1ncc(N)cc1C1CCCCO1. The number of pyridine rings is 1. The maximum absolute atomic E-state index is 5.72. The molecule has 0 aliphatic carbocycles. The lowest BCUT2D eigenvalue weighted by atomic mass is 10.0. The molecule has 0 amide bonds. The number of anilines is 1. The van der Waals surface area contributed by atoms with Crippen LogP contribution in [0.5, 0.6) is 5.88 Å². The van der Waals surface area contributed by atoms with Crippen molar-refractivity contribution in [3.8, 4) is 5.88 Å². The van der Waals surface area contributed by atoms with Crippen molar-refractivity contribution in [2.24, 2.45) is 0 Å². The summed E-state index contributed by atoms with van der Waals surface area (Å²) in [7, 11) is 1.62. The third-order valence-corrected chi connectivity index (χ3v) is 2.62. The molecule has 1 atom stereocenters. The van der Waals surface area contributed by atoms with Crippen molar-refractivity contribution in [1.29, 1.82) is 0 Å². The summed E-state index contributed by atoms with van der Waals surface area (Å²) in [6.45, 7) is 0.808. The highest BCUT2D eigenvalue weighted by Crippen LogP contribution is 2.33. The second kappa shape index (κ2) is 4.49. The summed E-state index contributed by atoms with van der Waals surface area (Å²) >= 11 is 0. The second-order valence-corrected chi connectivity index (χ2v) is 3.72. The zero-order valence-corrected chi connectivity index (χ0v) is 8.90. The van der Waals surface area contributed by atoms with E-state index in [1.165, 1.54) is 6.42 Å². The summed E-state index contributed by atoms with van der Waals surface area (Å²) < 4.78 is 10.9. The highest BCUT2D eigenvalue weighted by molar-refractivity contribution is 5.43. The van der Waals surface area contributed by atoms with Crippen LogP contribution in [-0.2, 0) is 4.74 Å². The topological polar surface area (TPSA) is 57.4 Å². The second-order valence-electron chi connectivity index (χ2n) is 3.72. The highest BCUT2D eigenvalue weighted by atomic mass is 16.5. The maximum atomic E-state index is 5.72. The summed E-state index contributed by atoms with van der Waals surface area (Å²) in [5.74, 6) is 0.621. The Balaban J connectivity index is 2.27. The summed E-state index contributed by atoms with van der Waals surface area (Å²) in [6.07, 6.45) is 5.02. The van der Waals surface area contributed by atoms with E-state index in [2.05, 4.69) is 4.98 Å². The molecule has 15 heavy (non-hydrogen) atoms. The third kappa shape index (κ3) is 2.21. The fourth-order valence-electron chi connectivity index (χ4n) is 1.87. The number of methoxy groups -OCH3 is 1. The molecule has 1 aliphatic heterocycles. The van der Waals surface area contributed by atoms with Crippen molar-refractivity contribution in [2.75, 3.05) is 19.5 Å². The molecular weight excluding hydrogens is 192 g/mol. The van der Waals surface area contributed by atoms with Crippen molar-refractivity contribution >= 4 is 5.69 Å². The van der Waals surface area contributed by atoms with E-state index in [0.717, 1.165) is 25.0 Å². The molecule has 4 heteroatoms. The van der Waals surface area contributed by atoms with Gasteiger partial charge in [-0.15, -0.1) is 0 Å². The van der Waals surface area contributed by atoms with Gasteiger partial charge in [0.25, 0.3) is 0 Å². The normalized spacial score (nSPS) is 21.3. The van der Waals surface area contributed by atoms with E-state index >= 15 is 0 Å². The Labute approximate surface area is 89.4 Å². The molecule has 2 heterocycles. The van der Waals surface area contributed by atoms with Crippen LogP contribution in [0.4, 0.5) is 5.69 Å². The number of hydrogen-bond donors (Lipinski definition) is 1. The molecule has 1 saturated heterocycles. The van der Waals surface area contributed by atoms with Gasteiger partial charge in [0.15, 0.2) is 0 Å². The van der Waals surface area contributed by atoms with Crippen LogP contribution >= 0.6 is 0 Å². The van der Waals surface area contributed by atoms with E-state index in [-0.39, 0.29) is 6.10 Å². The van der Waals surface area contributed by atoms with Gasteiger partial charge in [0.1, 0.15) is 0 Å². The molecule has 1 fully saturated rings. The van der Waals surface area contributed by atoms with E-state index < -0.39 is 0 Å². The van der Waals surface area contributed by atoms with Crippen LogP contribution in [0, 0.1) is 0 Å². The van der Waals surface area contributed by atoms with Gasteiger partial charge in [-0.25, -0.2) is 4.98 Å². The molecule has 4 nitrogen and oxygen atoms in total. The predicted octanol–water partition coefficient (Wildman–Crippen LogP) is 1.91. The Morgan fingerprint density at radius 2 is 2.40 bits per heavy atom. The van der Waals surface area contributed by atoms with Gasteiger partial charge in [-0.1, -0.05) is 0 Å². The van der Waals surface area contributed by atoms with Crippen LogP contribution in [-0.4, -0.2) is 18.7 Å². The fraction of sp³-hybridized carbons (Fsp3) is 0.545. The van der Waals surface area contributed by atoms with E-state index in [1.54, 1.807) is 13.3 Å². The molecule has 0 saturated carbocycles. The molecule has 0 radical (unpaired) electrons. The molecule has 2 rings (SSSR count). The molecule has 1 aromatic rings. The Morgan fingerprint density at radius 1 is 1.53 bits per heavy atom. The predicted molar refractivity (Wildman–Crippen MR) is 57.7 cm³/mol. The van der Waals surface area contributed by atoms with E-state index in [0.29, 0.717) is 11.6 Å². The number of nitrogens with zero attached hydrogens (tertiary/aromatic N) is 1. The van der Waals surface area contributed by atoms with Crippen LogP contribution < -0.4 is 10.5 Å². The Bertz CT molecular complexity index is 335. The molecular formula is C11H16N2O2. The average molecular weight is 208 g/mol. The largest absolute Gasteiger partial charge is 0.481 e. The zero-order chi connectivity index (χ0) is 10.7. The minimum absolute atomic E-state index is 0.0877. The molecule has 1 aliphatic rings. The summed E-state index contributed by atoms with van der Waals surface area (Å²) in [5.41, 5.74) is 7.34. The van der Waals surface area contributed by atoms with Gasteiger partial charge in [0.05, 0.1) is 25.1 Å². The van der Waals surface area contributed by atoms with Crippen molar-refractivity contribution in [1.82, 2.24) is 4.98 Å². The first-order valence-corrected chi connectivity index (χ1v) is 5.22. The van der Waals surface area contributed by atoms with Crippen LogP contribution in [0.2, 0.25) is 0 Å². The van der Waals surface area contributed by atoms with Crippen molar-refractivity contribution in [3.05, 3.63) is 17.8 Å². The lowest BCUT2D eigenvalue weighted by Gasteiger charge is -2.24. The molecule has 1 unspecified atom stereocenters. The summed E-state index contributed by atoms with van der Waals surface area (Å²) in [4.78, 5) is 4.14. The first kappa shape index (κ1) is 10.2. The molecule has 0 bridgehead atoms. The number of ether oxygens (including phenoxy) is 2. The molecule has 82 valence electrons. The van der Waals surface area contributed by atoms with Gasteiger partial charge >= 0.3 is 0 Å². The molecule has 0 aromatic carbocycles. The Morgan fingerprint density at radius 3 is 3.07 bits per heavy atom. The first-order chi connectivity index (χ1) is 7.31. The minimum Gasteiger partial charge on any atom is -0.481 e. The molecule has 0 spiro atoms. The quantitative estimate of drug-likeness (QED) is 0.806. The van der Waals surface area contributed by atoms with Gasteiger partial charge in [0, 0.05) is 12.2 Å². The summed E-state index contributed by atoms with van der Waals surface area (Å²) in [6, 6.07) is 1.89. The van der Waals surface area contributed by atoms with E-state index in [1.807, 2.05) is 6.07 Å². The van der Waals surface area contributed by atoms with Crippen molar-refractivity contribution in [3.63, 3.8) is 0 Å². The average Bonchev–Trinajstić information content (AvgIpc) is 2.30. The first-order valence-electron chi connectivity index (χ1n) is 5.22. The maximum Gasteiger partial charge on any atom is 0.219 e. The number of nitrogens with two attached hydrogens (primary N) is 1. The van der Waals surface area contributed by atoms with Gasteiger partial charge in [-0.05, 0) is 25.3 Å². The Kier molecular flexibility index (Phi) is 3.06. The number of nitrogen functional groups attached to an aromatic ring is 1. The Hall–Kier alpha value is -1.29. The van der Waals surface area contributed by atoms with Gasteiger partial charge in [-0.2, -0.15) is 0 Å². The van der Waals surface area contributed by atoms with E-state index in [4.69, 9.17) is 15.2 Å².